The molecule has 0 atom stereocenters. The minimum Gasteiger partial charge on any atom is -0.429 e. The van der Waals surface area contributed by atoms with Crippen molar-refractivity contribution in [1.82, 2.24) is 0 Å². The summed E-state index contributed by atoms with van der Waals surface area (Å²) in [5.41, 5.74) is 4.29. The van der Waals surface area contributed by atoms with Crippen molar-refractivity contribution in [3.05, 3.63) is 78.1 Å². The lowest BCUT2D eigenvalue weighted by Gasteiger charge is -2.08. The van der Waals surface area contributed by atoms with Gasteiger partial charge in [-0.2, -0.15) is 0 Å². The number of hydrogen-bond donors (Lipinski definition) is 0. The average Bonchev–Trinajstić information content (AvgIpc) is 2.70. The van der Waals surface area contributed by atoms with Gasteiger partial charge in [0.15, 0.2) is 0 Å². The molecule has 0 saturated carbocycles. The quantitative estimate of drug-likeness (QED) is 0.403. The molecule has 0 N–H and O–H groups in total. The van der Waals surface area contributed by atoms with E-state index in [0.717, 1.165) is 36.1 Å². The van der Waals surface area contributed by atoms with Gasteiger partial charge in [-0.1, -0.05) is 48.5 Å². The largest absolute Gasteiger partial charge is 0.429 e. The first-order valence-electron chi connectivity index (χ1n) is 8.80. The molecular weight excluding hydrogens is 343 g/mol. The molecule has 0 unspecified atom stereocenters. The van der Waals surface area contributed by atoms with Crippen molar-refractivity contribution >= 4 is 6.47 Å². The molecule has 0 fully saturated rings. The molecule has 0 spiro atoms. The summed E-state index contributed by atoms with van der Waals surface area (Å²) >= 11 is 0. The lowest BCUT2D eigenvalue weighted by atomic mass is 9.98. The van der Waals surface area contributed by atoms with Crippen LogP contribution in [0.1, 0.15) is 12.0 Å². The summed E-state index contributed by atoms with van der Waals surface area (Å²) in [5, 5.41) is 0. The predicted molar refractivity (Wildman–Crippen MR) is 104 cm³/mol. The fourth-order valence-corrected chi connectivity index (χ4v) is 2.98. The number of hydrogen-bond acceptors (Lipinski definition) is 3. The number of halogens is 1. The van der Waals surface area contributed by atoms with E-state index in [1.807, 2.05) is 18.2 Å². The summed E-state index contributed by atoms with van der Waals surface area (Å²) in [7, 11) is 1.70. The molecule has 0 aliphatic rings. The molecule has 3 nitrogen and oxygen atoms in total. The molecule has 27 heavy (non-hydrogen) atoms. The van der Waals surface area contributed by atoms with Crippen LogP contribution in [-0.4, -0.2) is 20.2 Å². The number of benzene rings is 3. The van der Waals surface area contributed by atoms with E-state index in [1.54, 1.807) is 43.5 Å². The number of rotatable bonds is 8. The second-order valence-electron chi connectivity index (χ2n) is 6.23. The average molecular weight is 364 g/mol. The summed E-state index contributed by atoms with van der Waals surface area (Å²) in [4.78, 5) is 10.4. The highest BCUT2D eigenvalue weighted by Crippen LogP contribution is 2.29. The van der Waals surface area contributed by atoms with Gasteiger partial charge < -0.3 is 9.47 Å². The van der Waals surface area contributed by atoms with Crippen LogP contribution >= 0.6 is 0 Å². The van der Waals surface area contributed by atoms with E-state index in [-0.39, 0.29) is 5.82 Å². The van der Waals surface area contributed by atoms with Gasteiger partial charge >= 0.3 is 0 Å². The summed E-state index contributed by atoms with van der Waals surface area (Å²) in [6.07, 6.45) is 1.95. The topological polar surface area (TPSA) is 35.5 Å². The molecular formula is C23H21FO3. The Kier molecular flexibility index (Phi) is 6.34. The highest BCUT2D eigenvalue weighted by atomic mass is 19.1. The van der Waals surface area contributed by atoms with Crippen LogP contribution in [0.5, 0.6) is 5.75 Å². The van der Waals surface area contributed by atoms with Gasteiger partial charge in [-0.3, -0.25) is 4.79 Å². The van der Waals surface area contributed by atoms with Crippen LogP contribution < -0.4 is 4.74 Å². The van der Waals surface area contributed by atoms with E-state index >= 15 is 0 Å². The van der Waals surface area contributed by atoms with Gasteiger partial charge in [-0.15, -0.1) is 0 Å². The van der Waals surface area contributed by atoms with Gasteiger partial charge in [0, 0.05) is 19.3 Å². The molecule has 0 aromatic heterocycles. The third kappa shape index (κ3) is 4.80. The van der Waals surface area contributed by atoms with Crippen molar-refractivity contribution in [2.45, 2.75) is 12.8 Å². The lowest BCUT2D eigenvalue weighted by molar-refractivity contribution is -0.120. The Labute approximate surface area is 158 Å². The SMILES string of the molecule is COCCCc1ccc(-c2ccc(-c3ccc(OC=O)cc3)c(F)c2)cc1. The molecule has 3 aromatic carbocycles. The normalized spacial score (nSPS) is 10.6. The summed E-state index contributed by atoms with van der Waals surface area (Å²) in [5.74, 6) is 0.136. The maximum Gasteiger partial charge on any atom is 0.298 e. The number of ether oxygens (including phenoxy) is 2. The van der Waals surface area contributed by atoms with Gasteiger partial charge in [0.1, 0.15) is 11.6 Å². The lowest BCUT2D eigenvalue weighted by Crippen LogP contribution is -1.92. The first-order chi connectivity index (χ1) is 13.2. The van der Waals surface area contributed by atoms with Crippen molar-refractivity contribution in [1.29, 1.82) is 0 Å². The molecule has 0 aliphatic heterocycles. The first-order valence-corrected chi connectivity index (χ1v) is 8.80. The second-order valence-corrected chi connectivity index (χ2v) is 6.23. The molecule has 0 heterocycles. The van der Waals surface area contributed by atoms with Crippen LogP contribution in [0.15, 0.2) is 66.7 Å². The Bertz CT molecular complexity index is 887. The van der Waals surface area contributed by atoms with Gasteiger partial charge in [0.2, 0.25) is 0 Å². The van der Waals surface area contributed by atoms with Crippen LogP contribution in [0, 0.1) is 5.82 Å². The maximum atomic E-state index is 14.7. The molecule has 138 valence electrons. The van der Waals surface area contributed by atoms with Crippen LogP contribution in [0.4, 0.5) is 4.39 Å². The standard InChI is InChI=1S/C23H21FO3/c1-26-14-2-3-17-4-6-18(7-5-17)20-10-13-22(23(24)15-20)19-8-11-21(12-9-19)27-16-25/h4-13,15-16H,2-3,14H2,1H3. The Balaban J connectivity index is 1.77. The van der Waals surface area contributed by atoms with Gasteiger partial charge in [0.05, 0.1) is 0 Å². The molecule has 3 aromatic rings. The third-order valence-corrected chi connectivity index (χ3v) is 4.42. The van der Waals surface area contributed by atoms with Crippen molar-refractivity contribution < 1.29 is 18.7 Å². The zero-order chi connectivity index (χ0) is 19.1. The minimum absolute atomic E-state index is 0.291. The van der Waals surface area contributed by atoms with E-state index in [4.69, 9.17) is 9.47 Å². The monoisotopic (exact) mass is 364 g/mol. The third-order valence-electron chi connectivity index (χ3n) is 4.42. The Hall–Kier alpha value is -2.98. The highest BCUT2D eigenvalue weighted by molar-refractivity contribution is 5.71. The minimum atomic E-state index is -0.291. The molecule has 4 heteroatoms. The van der Waals surface area contributed by atoms with Crippen LogP contribution in [-0.2, 0) is 16.0 Å². The van der Waals surface area contributed by atoms with Crippen molar-refractivity contribution in [2.75, 3.05) is 13.7 Å². The van der Waals surface area contributed by atoms with E-state index < -0.39 is 0 Å². The fraction of sp³-hybridized carbons (Fsp3) is 0.174. The van der Waals surface area contributed by atoms with Crippen molar-refractivity contribution in [2.24, 2.45) is 0 Å². The maximum absolute atomic E-state index is 14.7. The highest BCUT2D eigenvalue weighted by Gasteiger charge is 2.08. The van der Waals surface area contributed by atoms with Gasteiger partial charge in [-0.05, 0) is 53.3 Å². The summed E-state index contributed by atoms with van der Waals surface area (Å²) < 4.78 is 24.5. The molecule has 0 saturated heterocycles. The van der Waals surface area contributed by atoms with Crippen LogP contribution in [0.3, 0.4) is 0 Å². The summed E-state index contributed by atoms with van der Waals surface area (Å²) in [6, 6.07) is 20.1. The van der Waals surface area contributed by atoms with Crippen molar-refractivity contribution in [3.8, 4) is 28.0 Å². The van der Waals surface area contributed by atoms with E-state index in [9.17, 15) is 9.18 Å². The Morgan fingerprint density at radius 2 is 1.56 bits per heavy atom. The molecule has 0 aliphatic carbocycles. The molecule has 3 rings (SSSR count). The van der Waals surface area contributed by atoms with Gasteiger partial charge in [0.25, 0.3) is 6.47 Å². The number of methoxy groups -OCH3 is 1. The zero-order valence-corrected chi connectivity index (χ0v) is 15.2. The zero-order valence-electron chi connectivity index (χ0n) is 15.2. The molecule has 0 amide bonds. The number of carbonyl (C=O) groups excluding carboxylic acids is 1. The van der Waals surface area contributed by atoms with E-state index in [2.05, 4.69) is 12.1 Å². The van der Waals surface area contributed by atoms with E-state index in [1.165, 1.54) is 5.56 Å². The smallest absolute Gasteiger partial charge is 0.298 e. The number of carbonyl (C=O) groups is 1. The van der Waals surface area contributed by atoms with Crippen molar-refractivity contribution in [3.63, 3.8) is 0 Å². The fourth-order valence-electron chi connectivity index (χ4n) is 2.98. The Morgan fingerprint density at radius 3 is 2.19 bits per heavy atom. The van der Waals surface area contributed by atoms with E-state index in [0.29, 0.717) is 17.8 Å². The van der Waals surface area contributed by atoms with Crippen LogP contribution in [0.25, 0.3) is 22.3 Å². The first kappa shape index (κ1) is 18.8. The molecule has 0 bridgehead atoms. The van der Waals surface area contributed by atoms with Crippen LogP contribution in [0.2, 0.25) is 0 Å². The summed E-state index contributed by atoms with van der Waals surface area (Å²) in [6.45, 7) is 1.11. The second kappa shape index (κ2) is 9.10. The molecule has 0 radical (unpaired) electrons. The van der Waals surface area contributed by atoms with Gasteiger partial charge in [-0.25, -0.2) is 4.39 Å². The number of aryl methyl sites for hydroxylation is 1. The predicted octanol–water partition coefficient (Wildman–Crippen LogP) is 5.27. The Morgan fingerprint density at radius 1 is 0.889 bits per heavy atom.